The number of nitrogens with one attached hydrogen (secondary N) is 1. The maximum absolute atomic E-state index is 13.3. The van der Waals surface area contributed by atoms with Crippen LogP contribution in [-0.4, -0.2) is 34.0 Å². The molecule has 0 aromatic heterocycles. The molecular formula is C25H27FN2O4S. The molecule has 0 aliphatic rings. The molecule has 0 aliphatic heterocycles. The summed E-state index contributed by atoms with van der Waals surface area (Å²) in [6, 6.07) is 20.7. The lowest BCUT2D eigenvalue weighted by Gasteiger charge is -2.24. The fraction of sp³-hybridized carbons (Fsp3) is 0.240. The van der Waals surface area contributed by atoms with E-state index in [4.69, 9.17) is 4.74 Å². The first-order valence-electron chi connectivity index (χ1n) is 10.6. The molecule has 174 valence electrons. The monoisotopic (exact) mass is 470 g/mol. The zero-order valence-electron chi connectivity index (χ0n) is 18.6. The first-order chi connectivity index (χ1) is 15.8. The van der Waals surface area contributed by atoms with Gasteiger partial charge in [0.1, 0.15) is 24.7 Å². The highest BCUT2D eigenvalue weighted by atomic mass is 32.2. The number of anilines is 1. The number of ether oxygens (including phenoxy) is 1. The Bertz CT molecular complexity index is 1150. The second-order valence-electron chi connectivity index (χ2n) is 7.72. The average Bonchev–Trinajstić information content (AvgIpc) is 2.82. The number of carbonyl (C=O) groups excluding carboxylic acids is 1. The van der Waals surface area contributed by atoms with Gasteiger partial charge in [-0.05, 0) is 60.0 Å². The van der Waals surface area contributed by atoms with Crippen molar-refractivity contribution in [3.63, 3.8) is 0 Å². The van der Waals surface area contributed by atoms with Crippen LogP contribution in [0.4, 0.5) is 10.1 Å². The topological polar surface area (TPSA) is 75.7 Å². The van der Waals surface area contributed by atoms with Crippen LogP contribution < -0.4 is 14.4 Å². The minimum atomic E-state index is -3.95. The van der Waals surface area contributed by atoms with Crippen molar-refractivity contribution < 1.29 is 22.3 Å². The van der Waals surface area contributed by atoms with Gasteiger partial charge in [0.05, 0.1) is 17.1 Å². The summed E-state index contributed by atoms with van der Waals surface area (Å²) < 4.78 is 46.2. The molecule has 6 nitrogen and oxygen atoms in total. The van der Waals surface area contributed by atoms with Gasteiger partial charge in [0.2, 0.25) is 5.91 Å². The fourth-order valence-electron chi connectivity index (χ4n) is 3.14. The first kappa shape index (κ1) is 24.3. The normalized spacial score (nSPS) is 11.3. The van der Waals surface area contributed by atoms with E-state index in [0.717, 1.165) is 9.87 Å². The Kier molecular flexibility index (Phi) is 8.06. The molecule has 0 aliphatic carbocycles. The summed E-state index contributed by atoms with van der Waals surface area (Å²) in [5, 5.41) is 2.67. The van der Waals surface area contributed by atoms with Crippen LogP contribution in [0.1, 0.15) is 25.3 Å². The summed E-state index contributed by atoms with van der Waals surface area (Å²) >= 11 is 0. The number of carbonyl (C=O) groups is 1. The number of benzene rings is 3. The molecule has 0 fully saturated rings. The lowest BCUT2D eigenvalue weighted by atomic mass is 10.0. The number of amides is 1. The standard InChI is InChI=1S/C25H27FN2O4S/c1-19(2)20-8-12-22(13-9-20)28(33(30,31)24-6-4-3-5-7-24)18-25(29)27-16-17-32-23-14-10-21(26)11-15-23/h3-15,19H,16-18H2,1-2H3,(H,27,29). The lowest BCUT2D eigenvalue weighted by Crippen LogP contribution is -2.41. The molecule has 3 aromatic carbocycles. The zero-order chi connectivity index (χ0) is 23.8. The van der Waals surface area contributed by atoms with E-state index in [2.05, 4.69) is 19.2 Å². The van der Waals surface area contributed by atoms with Crippen molar-refractivity contribution in [2.24, 2.45) is 0 Å². The van der Waals surface area contributed by atoms with E-state index < -0.39 is 15.9 Å². The molecule has 0 saturated heterocycles. The highest BCUT2D eigenvalue weighted by Crippen LogP contribution is 2.25. The van der Waals surface area contributed by atoms with Gasteiger partial charge in [0, 0.05) is 0 Å². The van der Waals surface area contributed by atoms with Crippen molar-refractivity contribution in [1.82, 2.24) is 5.32 Å². The molecule has 1 N–H and O–H groups in total. The number of rotatable bonds is 10. The summed E-state index contributed by atoms with van der Waals surface area (Å²) in [5.74, 6) is -0.0613. The highest BCUT2D eigenvalue weighted by molar-refractivity contribution is 7.92. The second-order valence-corrected chi connectivity index (χ2v) is 9.59. The summed E-state index contributed by atoms with van der Waals surface area (Å²) in [6.07, 6.45) is 0. The van der Waals surface area contributed by atoms with Gasteiger partial charge >= 0.3 is 0 Å². The van der Waals surface area contributed by atoms with Gasteiger partial charge in [-0.25, -0.2) is 12.8 Å². The molecule has 0 spiro atoms. The van der Waals surface area contributed by atoms with E-state index in [0.29, 0.717) is 17.4 Å². The number of hydrogen-bond donors (Lipinski definition) is 1. The quantitative estimate of drug-likeness (QED) is 0.447. The molecule has 3 aromatic rings. The summed E-state index contributed by atoms with van der Waals surface area (Å²) in [4.78, 5) is 12.7. The van der Waals surface area contributed by atoms with Gasteiger partial charge in [-0.15, -0.1) is 0 Å². The van der Waals surface area contributed by atoms with Crippen LogP contribution >= 0.6 is 0 Å². The predicted molar refractivity (Wildman–Crippen MR) is 126 cm³/mol. The van der Waals surface area contributed by atoms with Crippen LogP contribution in [0.15, 0.2) is 83.8 Å². The van der Waals surface area contributed by atoms with Crippen molar-refractivity contribution in [1.29, 1.82) is 0 Å². The SMILES string of the molecule is CC(C)c1ccc(N(CC(=O)NCCOc2ccc(F)cc2)S(=O)(=O)c2ccccc2)cc1. The number of hydrogen-bond acceptors (Lipinski definition) is 4. The Balaban J connectivity index is 1.71. The van der Waals surface area contributed by atoms with Crippen LogP contribution in [0.25, 0.3) is 0 Å². The molecule has 33 heavy (non-hydrogen) atoms. The number of halogens is 1. The smallest absolute Gasteiger partial charge is 0.264 e. The molecule has 0 saturated carbocycles. The van der Waals surface area contributed by atoms with Crippen LogP contribution in [0.5, 0.6) is 5.75 Å². The van der Waals surface area contributed by atoms with Crippen molar-refractivity contribution >= 4 is 21.6 Å². The molecule has 0 atom stereocenters. The third-order valence-corrected chi connectivity index (χ3v) is 6.76. The number of nitrogens with zero attached hydrogens (tertiary/aromatic N) is 1. The Morgan fingerprint density at radius 3 is 2.21 bits per heavy atom. The van der Waals surface area contributed by atoms with E-state index >= 15 is 0 Å². The van der Waals surface area contributed by atoms with Gasteiger partial charge in [-0.3, -0.25) is 9.10 Å². The predicted octanol–water partition coefficient (Wildman–Crippen LogP) is 4.34. The fourth-order valence-corrected chi connectivity index (χ4v) is 4.58. The minimum absolute atomic E-state index is 0.102. The van der Waals surface area contributed by atoms with Gasteiger partial charge in [0.25, 0.3) is 10.0 Å². The molecule has 0 bridgehead atoms. The van der Waals surface area contributed by atoms with E-state index in [9.17, 15) is 17.6 Å². The Morgan fingerprint density at radius 1 is 0.970 bits per heavy atom. The van der Waals surface area contributed by atoms with Crippen LogP contribution in [0.3, 0.4) is 0 Å². The maximum atomic E-state index is 13.3. The molecule has 3 rings (SSSR count). The van der Waals surface area contributed by atoms with E-state index in [-0.39, 0.29) is 30.4 Å². The molecule has 0 radical (unpaired) electrons. The molecular weight excluding hydrogens is 443 g/mol. The van der Waals surface area contributed by atoms with Gasteiger partial charge < -0.3 is 10.1 Å². The lowest BCUT2D eigenvalue weighted by molar-refractivity contribution is -0.119. The van der Waals surface area contributed by atoms with Crippen molar-refractivity contribution in [2.75, 3.05) is 24.0 Å². The van der Waals surface area contributed by atoms with Crippen LogP contribution in [0, 0.1) is 5.82 Å². The Morgan fingerprint density at radius 2 is 1.61 bits per heavy atom. The molecule has 1 amide bonds. The zero-order valence-corrected chi connectivity index (χ0v) is 19.4. The van der Waals surface area contributed by atoms with Crippen LogP contribution in [0.2, 0.25) is 0 Å². The van der Waals surface area contributed by atoms with E-state index in [1.807, 2.05) is 12.1 Å². The third kappa shape index (κ3) is 6.55. The molecule has 0 heterocycles. The Hall–Kier alpha value is -3.39. The maximum Gasteiger partial charge on any atom is 0.264 e. The largest absolute Gasteiger partial charge is 0.492 e. The third-order valence-electron chi connectivity index (χ3n) is 4.97. The van der Waals surface area contributed by atoms with Gasteiger partial charge in [0.15, 0.2) is 0 Å². The van der Waals surface area contributed by atoms with E-state index in [1.54, 1.807) is 30.3 Å². The second kappa shape index (κ2) is 11.0. The van der Waals surface area contributed by atoms with Crippen LogP contribution in [-0.2, 0) is 14.8 Å². The minimum Gasteiger partial charge on any atom is -0.492 e. The highest BCUT2D eigenvalue weighted by Gasteiger charge is 2.27. The van der Waals surface area contributed by atoms with Crippen molar-refractivity contribution in [3.05, 3.63) is 90.2 Å². The summed E-state index contributed by atoms with van der Waals surface area (Å²) in [5.41, 5.74) is 1.47. The van der Waals surface area contributed by atoms with Crippen molar-refractivity contribution in [2.45, 2.75) is 24.7 Å². The summed E-state index contributed by atoms with van der Waals surface area (Å²) in [7, 11) is -3.95. The average molecular weight is 471 g/mol. The first-order valence-corrected chi connectivity index (χ1v) is 12.0. The Labute approximate surface area is 194 Å². The van der Waals surface area contributed by atoms with Gasteiger partial charge in [-0.2, -0.15) is 0 Å². The van der Waals surface area contributed by atoms with Gasteiger partial charge in [-0.1, -0.05) is 44.2 Å². The van der Waals surface area contributed by atoms with E-state index in [1.165, 1.54) is 36.4 Å². The van der Waals surface area contributed by atoms with Crippen molar-refractivity contribution in [3.8, 4) is 5.75 Å². The number of sulfonamides is 1. The summed E-state index contributed by atoms with van der Waals surface area (Å²) in [6.45, 7) is 4.05. The molecule has 0 unspecified atom stereocenters. The molecule has 8 heteroatoms.